The third-order valence-corrected chi connectivity index (χ3v) is 4.27. The van der Waals surface area contributed by atoms with Crippen LogP contribution in [-0.2, 0) is 4.79 Å². The van der Waals surface area contributed by atoms with Gasteiger partial charge in [-0.2, -0.15) is 0 Å². The molecule has 0 radical (unpaired) electrons. The summed E-state index contributed by atoms with van der Waals surface area (Å²) in [5.41, 5.74) is 1.82. The van der Waals surface area contributed by atoms with E-state index in [0.29, 0.717) is 30.8 Å². The van der Waals surface area contributed by atoms with E-state index in [1.54, 1.807) is 4.90 Å². The zero-order valence-electron chi connectivity index (χ0n) is 11.3. The van der Waals surface area contributed by atoms with E-state index in [-0.39, 0.29) is 23.7 Å². The number of carbonyl (C=O) groups excluding carboxylic acids is 2. The van der Waals surface area contributed by atoms with E-state index in [0.717, 1.165) is 5.52 Å². The summed E-state index contributed by atoms with van der Waals surface area (Å²) in [6.07, 6.45) is 1.51. The van der Waals surface area contributed by atoms with E-state index in [2.05, 4.69) is 15.3 Å². The quantitative estimate of drug-likeness (QED) is 0.824. The van der Waals surface area contributed by atoms with E-state index in [4.69, 9.17) is 0 Å². The average Bonchev–Trinajstić information content (AvgIpc) is 3.08. The molecule has 21 heavy (non-hydrogen) atoms. The van der Waals surface area contributed by atoms with E-state index in [1.165, 1.54) is 6.20 Å². The fourth-order valence-electron chi connectivity index (χ4n) is 3.13. The van der Waals surface area contributed by atoms with Gasteiger partial charge in [0.25, 0.3) is 5.91 Å². The minimum Gasteiger partial charge on any atom is -0.355 e. The lowest BCUT2D eigenvalue weighted by Crippen LogP contribution is -2.33. The first kappa shape index (κ1) is 12.3. The Bertz CT molecular complexity index is 745. The number of amides is 2. The summed E-state index contributed by atoms with van der Waals surface area (Å²) >= 11 is 0. The third-order valence-electron chi connectivity index (χ3n) is 4.27. The second kappa shape index (κ2) is 4.51. The molecule has 0 unspecified atom stereocenters. The Hall–Kier alpha value is -2.50. The van der Waals surface area contributed by atoms with Crippen molar-refractivity contribution >= 4 is 22.8 Å². The lowest BCUT2D eigenvalue weighted by atomic mass is 10.0. The van der Waals surface area contributed by atoms with Gasteiger partial charge in [0.2, 0.25) is 5.91 Å². The topological polar surface area (TPSA) is 75.2 Å². The fraction of sp³-hybridized carbons (Fsp3) is 0.333. The number of para-hydroxylation sites is 2. The van der Waals surface area contributed by atoms with Crippen LogP contribution in [-0.4, -0.2) is 46.3 Å². The average molecular weight is 282 g/mol. The summed E-state index contributed by atoms with van der Waals surface area (Å²) in [4.78, 5) is 34.5. The Morgan fingerprint density at radius 2 is 2.05 bits per heavy atom. The molecule has 6 nitrogen and oxygen atoms in total. The van der Waals surface area contributed by atoms with Crippen LogP contribution >= 0.6 is 0 Å². The summed E-state index contributed by atoms with van der Waals surface area (Å²) in [5, 5.41) is 2.84. The zero-order chi connectivity index (χ0) is 14.4. The molecule has 0 saturated carbocycles. The van der Waals surface area contributed by atoms with Gasteiger partial charge in [0.05, 0.1) is 23.1 Å². The number of hydrogen-bond acceptors (Lipinski definition) is 4. The molecule has 2 aliphatic heterocycles. The predicted molar refractivity (Wildman–Crippen MR) is 75.4 cm³/mol. The lowest BCUT2D eigenvalue weighted by Gasteiger charge is -2.16. The standard InChI is InChI=1S/C15H14N4O2/c20-14-10-8-19(7-9(10)5-17-14)15(21)13-6-16-11-3-1-2-4-12(11)18-13/h1-4,6,9-10H,5,7-8H2,(H,17,20)/t9-,10+/m0/s1. The maximum atomic E-state index is 12.5. The van der Waals surface area contributed by atoms with E-state index in [1.807, 2.05) is 24.3 Å². The second-order valence-corrected chi connectivity index (χ2v) is 5.57. The molecule has 2 aliphatic rings. The first-order chi connectivity index (χ1) is 10.2. The van der Waals surface area contributed by atoms with Gasteiger partial charge in [-0.1, -0.05) is 12.1 Å². The van der Waals surface area contributed by atoms with Gasteiger partial charge < -0.3 is 10.2 Å². The van der Waals surface area contributed by atoms with Gasteiger partial charge in [-0.05, 0) is 12.1 Å². The Balaban J connectivity index is 1.60. The van der Waals surface area contributed by atoms with Crippen molar-refractivity contribution in [3.8, 4) is 0 Å². The van der Waals surface area contributed by atoms with Gasteiger partial charge in [0, 0.05) is 25.6 Å². The number of carbonyl (C=O) groups is 2. The summed E-state index contributed by atoms with van der Waals surface area (Å²) in [6.45, 7) is 1.75. The van der Waals surface area contributed by atoms with E-state index < -0.39 is 0 Å². The summed E-state index contributed by atoms with van der Waals surface area (Å²) in [7, 11) is 0. The first-order valence-corrected chi connectivity index (χ1v) is 7.01. The molecule has 6 heteroatoms. The molecule has 2 atom stereocenters. The summed E-state index contributed by atoms with van der Waals surface area (Å²) in [6, 6.07) is 7.46. The van der Waals surface area contributed by atoms with Crippen LogP contribution in [0.5, 0.6) is 0 Å². The lowest BCUT2D eigenvalue weighted by molar-refractivity contribution is -0.122. The maximum Gasteiger partial charge on any atom is 0.274 e. The molecule has 1 aromatic carbocycles. The Morgan fingerprint density at radius 1 is 1.24 bits per heavy atom. The molecular weight excluding hydrogens is 268 g/mol. The number of rotatable bonds is 1. The van der Waals surface area contributed by atoms with Crippen LogP contribution in [0.25, 0.3) is 11.0 Å². The van der Waals surface area contributed by atoms with Gasteiger partial charge >= 0.3 is 0 Å². The number of nitrogens with zero attached hydrogens (tertiary/aromatic N) is 3. The number of fused-ring (bicyclic) bond motifs is 2. The van der Waals surface area contributed by atoms with Crippen molar-refractivity contribution in [1.29, 1.82) is 0 Å². The van der Waals surface area contributed by atoms with Crippen LogP contribution < -0.4 is 5.32 Å². The van der Waals surface area contributed by atoms with Crippen molar-refractivity contribution in [3.63, 3.8) is 0 Å². The van der Waals surface area contributed by atoms with Crippen molar-refractivity contribution in [1.82, 2.24) is 20.2 Å². The smallest absolute Gasteiger partial charge is 0.274 e. The molecule has 1 aromatic heterocycles. The Labute approximate surface area is 121 Å². The summed E-state index contributed by atoms with van der Waals surface area (Å²) < 4.78 is 0. The van der Waals surface area contributed by atoms with E-state index in [9.17, 15) is 9.59 Å². The van der Waals surface area contributed by atoms with Gasteiger partial charge in [0.1, 0.15) is 5.69 Å². The SMILES string of the molecule is O=C1NC[C@H]2CN(C(=O)c3cnc4ccccc4n3)C[C@@H]12. The highest BCUT2D eigenvalue weighted by Gasteiger charge is 2.43. The fourth-order valence-corrected chi connectivity index (χ4v) is 3.13. The normalized spacial score (nSPS) is 24.2. The van der Waals surface area contributed by atoms with Crippen LogP contribution in [0.3, 0.4) is 0 Å². The molecule has 2 saturated heterocycles. The number of nitrogens with one attached hydrogen (secondary N) is 1. The van der Waals surface area contributed by atoms with Crippen molar-refractivity contribution in [2.24, 2.45) is 11.8 Å². The summed E-state index contributed by atoms with van der Waals surface area (Å²) in [5.74, 6) is 0.0765. The zero-order valence-corrected chi connectivity index (χ0v) is 11.3. The van der Waals surface area contributed by atoms with Gasteiger partial charge in [-0.3, -0.25) is 14.6 Å². The minimum absolute atomic E-state index is 0.0555. The molecule has 1 N–H and O–H groups in total. The molecule has 2 amide bonds. The molecular formula is C15H14N4O2. The van der Waals surface area contributed by atoms with Crippen LogP contribution in [0.4, 0.5) is 0 Å². The van der Waals surface area contributed by atoms with E-state index >= 15 is 0 Å². The van der Waals surface area contributed by atoms with Crippen molar-refractivity contribution < 1.29 is 9.59 Å². The number of aromatic nitrogens is 2. The number of likely N-dealkylation sites (tertiary alicyclic amines) is 1. The van der Waals surface area contributed by atoms with Crippen LogP contribution in [0.15, 0.2) is 30.5 Å². The Kier molecular flexibility index (Phi) is 2.63. The highest BCUT2D eigenvalue weighted by Crippen LogP contribution is 2.28. The maximum absolute atomic E-state index is 12.5. The van der Waals surface area contributed by atoms with Gasteiger partial charge in [-0.25, -0.2) is 4.98 Å². The molecule has 3 heterocycles. The molecule has 0 spiro atoms. The van der Waals surface area contributed by atoms with Crippen molar-refractivity contribution in [3.05, 3.63) is 36.2 Å². The molecule has 0 bridgehead atoms. The van der Waals surface area contributed by atoms with Gasteiger partial charge in [0.15, 0.2) is 0 Å². The first-order valence-electron chi connectivity index (χ1n) is 7.01. The molecule has 0 aliphatic carbocycles. The van der Waals surface area contributed by atoms with Crippen molar-refractivity contribution in [2.75, 3.05) is 19.6 Å². The van der Waals surface area contributed by atoms with Crippen molar-refractivity contribution in [2.45, 2.75) is 0 Å². The van der Waals surface area contributed by atoms with Crippen LogP contribution in [0.2, 0.25) is 0 Å². The third kappa shape index (κ3) is 1.94. The highest BCUT2D eigenvalue weighted by atomic mass is 16.2. The predicted octanol–water partition coefficient (Wildman–Crippen LogP) is 0.448. The molecule has 2 aromatic rings. The molecule has 106 valence electrons. The molecule has 4 rings (SSSR count). The van der Waals surface area contributed by atoms with Crippen LogP contribution in [0.1, 0.15) is 10.5 Å². The Morgan fingerprint density at radius 3 is 2.86 bits per heavy atom. The monoisotopic (exact) mass is 282 g/mol. The molecule has 2 fully saturated rings. The number of hydrogen-bond donors (Lipinski definition) is 1. The second-order valence-electron chi connectivity index (χ2n) is 5.57. The number of benzene rings is 1. The van der Waals surface area contributed by atoms with Crippen LogP contribution in [0, 0.1) is 11.8 Å². The minimum atomic E-state index is -0.143. The largest absolute Gasteiger partial charge is 0.355 e. The van der Waals surface area contributed by atoms with Gasteiger partial charge in [-0.15, -0.1) is 0 Å². The highest BCUT2D eigenvalue weighted by molar-refractivity contribution is 5.95.